The summed E-state index contributed by atoms with van der Waals surface area (Å²) in [5.74, 6) is 0.798. The first-order valence-electron chi connectivity index (χ1n) is 7.77. The van der Waals surface area contributed by atoms with Crippen molar-refractivity contribution in [3.63, 3.8) is 0 Å². The quantitative estimate of drug-likeness (QED) is 0.753. The number of nitrogens with one attached hydrogen (secondary N) is 3. The monoisotopic (exact) mass is 354 g/mol. The van der Waals surface area contributed by atoms with Crippen molar-refractivity contribution in [2.24, 2.45) is 7.05 Å². The molecule has 2 aromatic rings. The van der Waals surface area contributed by atoms with E-state index >= 15 is 0 Å². The first-order chi connectivity index (χ1) is 11.2. The lowest BCUT2D eigenvalue weighted by molar-refractivity contribution is -0.118. The number of carbonyl (C=O) groups excluding carboxylic acids is 1. The predicted molar refractivity (Wildman–Crippen MR) is 92.3 cm³/mol. The van der Waals surface area contributed by atoms with Gasteiger partial charge >= 0.3 is 0 Å². The average Bonchev–Trinajstić information content (AvgIpc) is 3.18. The number of ether oxygens (including phenoxy) is 1. The van der Waals surface area contributed by atoms with Crippen LogP contribution in [-0.2, 0) is 16.6 Å². The molecule has 0 aliphatic carbocycles. The van der Waals surface area contributed by atoms with E-state index in [1.54, 1.807) is 17.9 Å². The summed E-state index contributed by atoms with van der Waals surface area (Å²) in [6, 6.07) is 1.44. The second kappa shape index (κ2) is 8.27. The van der Waals surface area contributed by atoms with Gasteiger partial charge in [0.15, 0.2) is 5.82 Å². The van der Waals surface area contributed by atoms with E-state index in [9.17, 15) is 4.79 Å². The van der Waals surface area contributed by atoms with E-state index in [1.807, 2.05) is 19.3 Å². The zero-order chi connectivity index (χ0) is 16.2. The lowest BCUT2D eigenvalue weighted by Gasteiger charge is -2.20. The van der Waals surface area contributed by atoms with E-state index in [2.05, 4.69) is 25.9 Å². The van der Waals surface area contributed by atoms with Crippen LogP contribution in [0.15, 0.2) is 18.5 Å². The molecule has 0 bridgehead atoms. The van der Waals surface area contributed by atoms with Gasteiger partial charge in [-0.15, -0.1) is 12.4 Å². The molecule has 1 saturated heterocycles. The molecular weight excluding hydrogens is 332 g/mol. The Morgan fingerprint density at radius 2 is 2.21 bits per heavy atom. The number of hydrogen-bond acceptors (Lipinski definition) is 5. The molecule has 1 aliphatic rings. The van der Waals surface area contributed by atoms with Crippen molar-refractivity contribution in [2.45, 2.75) is 24.8 Å². The van der Waals surface area contributed by atoms with Gasteiger partial charge in [-0.25, -0.2) is 0 Å². The summed E-state index contributed by atoms with van der Waals surface area (Å²) >= 11 is 0. The Hall–Kier alpha value is -1.90. The molecule has 1 unspecified atom stereocenters. The third-order valence-electron chi connectivity index (χ3n) is 4.12. The summed E-state index contributed by atoms with van der Waals surface area (Å²) in [5, 5.41) is 17.2. The van der Waals surface area contributed by atoms with E-state index in [0.29, 0.717) is 11.7 Å². The first-order valence-corrected chi connectivity index (χ1v) is 7.77. The minimum atomic E-state index is -0.466. The van der Waals surface area contributed by atoms with Crippen molar-refractivity contribution in [3.8, 4) is 0 Å². The molecule has 1 fully saturated rings. The highest BCUT2D eigenvalue weighted by Gasteiger charge is 2.22. The Morgan fingerprint density at radius 1 is 1.46 bits per heavy atom. The molecule has 8 nitrogen and oxygen atoms in total. The summed E-state index contributed by atoms with van der Waals surface area (Å²) in [6.07, 6.45) is 5.45. The van der Waals surface area contributed by atoms with Crippen molar-refractivity contribution in [1.82, 2.24) is 25.3 Å². The van der Waals surface area contributed by atoms with E-state index in [4.69, 9.17) is 4.74 Å². The topological polar surface area (TPSA) is 96.9 Å². The van der Waals surface area contributed by atoms with Gasteiger partial charge in [-0.3, -0.25) is 14.6 Å². The summed E-state index contributed by atoms with van der Waals surface area (Å²) in [7, 11) is 3.57. The highest BCUT2D eigenvalue weighted by molar-refractivity contribution is 5.94. The predicted octanol–water partition coefficient (Wildman–Crippen LogP) is 1.36. The molecule has 3 heterocycles. The fraction of sp³-hybridized carbons (Fsp3) is 0.533. The van der Waals surface area contributed by atoms with Crippen LogP contribution in [0.3, 0.4) is 0 Å². The van der Waals surface area contributed by atoms with E-state index in [0.717, 1.165) is 37.3 Å². The molecule has 132 valence electrons. The highest BCUT2D eigenvalue weighted by atomic mass is 35.5. The van der Waals surface area contributed by atoms with Crippen LogP contribution < -0.4 is 10.6 Å². The molecule has 2 aromatic heterocycles. The van der Waals surface area contributed by atoms with Crippen LogP contribution >= 0.6 is 12.4 Å². The van der Waals surface area contributed by atoms with Gasteiger partial charge in [-0.1, -0.05) is 0 Å². The second-order valence-electron chi connectivity index (χ2n) is 5.75. The normalized spacial score (nSPS) is 16.4. The van der Waals surface area contributed by atoms with Crippen LogP contribution in [0.25, 0.3) is 0 Å². The minimum absolute atomic E-state index is 0. The number of halogens is 1. The standard InChI is InChI=1S/C15H22N6O2.ClH/c1-16-14(11-8-17-21(2)9-11)15(22)18-13-7-12(19-20-13)10-3-5-23-6-4-10;/h7-10,14,16H,3-6H2,1-2H3,(H2,18,19,20,22);1H. The fourth-order valence-corrected chi connectivity index (χ4v) is 2.86. The maximum absolute atomic E-state index is 12.5. The molecule has 0 aromatic carbocycles. The number of nitrogens with zero attached hydrogens (tertiary/aromatic N) is 3. The zero-order valence-corrected chi connectivity index (χ0v) is 14.6. The number of H-pyrrole nitrogens is 1. The van der Waals surface area contributed by atoms with Gasteiger partial charge < -0.3 is 15.4 Å². The number of aromatic amines is 1. The Balaban J connectivity index is 0.00000208. The van der Waals surface area contributed by atoms with Crippen LogP contribution in [0.1, 0.15) is 36.1 Å². The van der Waals surface area contributed by atoms with Gasteiger partial charge in [0.1, 0.15) is 6.04 Å². The number of hydrogen-bond donors (Lipinski definition) is 3. The maximum Gasteiger partial charge on any atom is 0.247 e. The van der Waals surface area contributed by atoms with Crippen molar-refractivity contribution < 1.29 is 9.53 Å². The van der Waals surface area contributed by atoms with Crippen LogP contribution in [0.5, 0.6) is 0 Å². The Labute approximate surface area is 146 Å². The van der Waals surface area contributed by atoms with Crippen molar-refractivity contribution in [1.29, 1.82) is 0 Å². The number of anilines is 1. The summed E-state index contributed by atoms with van der Waals surface area (Å²) in [6.45, 7) is 1.54. The molecule has 0 saturated carbocycles. The molecule has 9 heteroatoms. The number of rotatable bonds is 5. The fourth-order valence-electron chi connectivity index (χ4n) is 2.86. The Bertz CT molecular complexity index is 664. The molecule has 3 N–H and O–H groups in total. The molecule has 0 spiro atoms. The van der Waals surface area contributed by atoms with Crippen molar-refractivity contribution >= 4 is 24.1 Å². The Morgan fingerprint density at radius 3 is 2.83 bits per heavy atom. The molecule has 24 heavy (non-hydrogen) atoms. The number of aromatic nitrogens is 4. The molecule has 1 amide bonds. The first kappa shape index (κ1) is 18.4. The molecule has 0 radical (unpaired) electrons. The number of aryl methyl sites for hydroxylation is 1. The SMILES string of the molecule is CNC(C(=O)Nc1cc(C2CCOCC2)[nH]n1)c1cnn(C)c1.Cl. The van der Waals surface area contributed by atoms with Gasteiger partial charge in [-0.2, -0.15) is 10.2 Å². The van der Waals surface area contributed by atoms with Gasteiger partial charge in [0.2, 0.25) is 5.91 Å². The average molecular weight is 355 g/mol. The number of likely N-dealkylation sites (N-methyl/N-ethyl adjacent to an activating group) is 1. The molecule has 1 atom stereocenters. The molecule has 3 rings (SSSR count). The van der Waals surface area contributed by atoms with Gasteiger partial charge in [0.25, 0.3) is 0 Å². The number of carbonyl (C=O) groups is 1. The summed E-state index contributed by atoms with van der Waals surface area (Å²) < 4.78 is 7.04. The largest absolute Gasteiger partial charge is 0.381 e. The third kappa shape index (κ3) is 4.14. The van der Waals surface area contributed by atoms with Crippen LogP contribution in [-0.4, -0.2) is 46.1 Å². The van der Waals surface area contributed by atoms with Crippen LogP contribution in [0, 0.1) is 0 Å². The lowest BCUT2D eigenvalue weighted by atomic mass is 9.97. The second-order valence-corrected chi connectivity index (χ2v) is 5.75. The van der Waals surface area contributed by atoms with E-state index in [1.165, 1.54) is 0 Å². The van der Waals surface area contributed by atoms with Crippen LogP contribution in [0.4, 0.5) is 5.82 Å². The van der Waals surface area contributed by atoms with Crippen molar-refractivity contribution in [3.05, 3.63) is 29.7 Å². The highest BCUT2D eigenvalue weighted by Crippen LogP contribution is 2.26. The number of amides is 1. The molecule has 1 aliphatic heterocycles. The maximum atomic E-state index is 12.5. The van der Waals surface area contributed by atoms with Gasteiger partial charge in [0.05, 0.1) is 6.20 Å². The van der Waals surface area contributed by atoms with Gasteiger partial charge in [-0.05, 0) is 19.9 Å². The van der Waals surface area contributed by atoms with Crippen molar-refractivity contribution in [2.75, 3.05) is 25.6 Å². The van der Waals surface area contributed by atoms with Gasteiger partial charge in [0, 0.05) is 49.7 Å². The van der Waals surface area contributed by atoms with E-state index < -0.39 is 6.04 Å². The third-order valence-corrected chi connectivity index (χ3v) is 4.12. The van der Waals surface area contributed by atoms with Crippen LogP contribution in [0.2, 0.25) is 0 Å². The molecular formula is C15H23ClN6O2. The summed E-state index contributed by atoms with van der Waals surface area (Å²) in [4.78, 5) is 12.5. The smallest absolute Gasteiger partial charge is 0.247 e. The lowest BCUT2D eigenvalue weighted by Crippen LogP contribution is -2.30. The summed E-state index contributed by atoms with van der Waals surface area (Å²) in [5.41, 5.74) is 1.86. The zero-order valence-electron chi connectivity index (χ0n) is 13.8. The minimum Gasteiger partial charge on any atom is -0.381 e. The Kier molecular flexibility index (Phi) is 6.36. The van der Waals surface area contributed by atoms with E-state index in [-0.39, 0.29) is 18.3 Å².